The second-order valence-electron chi connectivity index (χ2n) is 4.82. The standard InChI is InChI=1S/C16H17N3S/c1-11-7-8-13-14(9-11)19-16(18-13)20-15(10-17)12-5-3-2-4-6-12/h2-9,15H,10,17H2,1H3,(H,18,19). The van der Waals surface area contributed by atoms with Crippen LogP contribution in [0.1, 0.15) is 16.4 Å². The fraction of sp³-hybridized carbons (Fsp3) is 0.188. The summed E-state index contributed by atoms with van der Waals surface area (Å²) < 4.78 is 0. The molecule has 0 bridgehead atoms. The Morgan fingerprint density at radius 1 is 1.20 bits per heavy atom. The van der Waals surface area contributed by atoms with Crippen LogP contribution in [0.3, 0.4) is 0 Å². The van der Waals surface area contributed by atoms with Gasteiger partial charge in [0.15, 0.2) is 5.16 Å². The number of hydrogen-bond acceptors (Lipinski definition) is 3. The van der Waals surface area contributed by atoms with Crippen LogP contribution in [0.2, 0.25) is 0 Å². The minimum absolute atomic E-state index is 0.220. The summed E-state index contributed by atoms with van der Waals surface area (Å²) in [7, 11) is 0. The summed E-state index contributed by atoms with van der Waals surface area (Å²) in [4.78, 5) is 7.99. The number of hydrogen-bond donors (Lipinski definition) is 2. The molecule has 0 saturated carbocycles. The average molecular weight is 283 g/mol. The molecule has 1 aromatic heterocycles. The molecule has 1 heterocycles. The van der Waals surface area contributed by atoms with Crippen molar-refractivity contribution in [3.63, 3.8) is 0 Å². The van der Waals surface area contributed by atoms with E-state index in [0.717, 1.165) is 16.2 Å². The zero-order valence-electron chi connectivity index (χ0n) is 11.3. The molecule has 0 saturated heterocycles. The fourth-order valence-electron chi connectivity index (χ4n) is 2.21. The molecule has 0 amide bonds. The third-order valence-corrected chi connectivity index (χ3v) is 4.42. The number of aromatic nitrogens is 2. The SMILES string of the molecule is Cc1ccc2nc(SC(CN)c3ccccc3)[nH]c2c1. The number of thioether (sulfide) groups is 1. The summed E-state index contributed by atoms with van der Waals surface area (Å²) >= 11 is 1.68. The summed E-state index contributed by atoms with van der Waals surface area (Å²) in [6, 6.07) is 16.6. The maximum atomic E-state index is 5.91. The Labute approximate surface area is 122 Å². The number of nitrogens with zero attached hydrogens (tertiary/aromatic N) is 1. The quantitative estimate of drug-likeness (QED) is 0.718. The Bertz CT molecular complexity index is 706. The molecule has 1 atom stereocenters. The van der Waals surface area contributed by atoms with Gasteiger partial charge in [0.1, 0.15) is 0 Å². The largest absolute Gasteiger partial charge is 0.333 e. The van der Waals surface area contributed by atoms with Crippen LogP contribution in [0.4, 0.5) is 0 Å². The molecule has 3 rings (SSSR count). The zero-order chi connectivity index (χ0) is 13.9. The van der Waals surface area contributed by atoms with Crippen LogP contribution in [-0.4, -0.2) is 16.5 Å². The Balaban J connectivity index is 1.87. The maximum Gasteiger partial charge on any atom is 0.167 e. The first-order valence-corrected chi connectivity index (χ1v) is 7.52. The molecular weight excluding hydrogens is 266 g/mol. The van der Waals surface area contributed by atoms with Gasteiger partial charge in [0.05, 0.1) is 11.0 Å². The first-order chi connectivity index (χ1) is 9.76. The molecule has 0 radical (unpaired) electrons. The van der Waals surface area contributed by atoms with Crippen LogP contribution in [0.15, 0.2) is 53.7 Å². The van der Waals surface area contributed by atoms with E-state index >= 15 is 0 Å². The van der Waals surface area contributed by atoms with Gasteiger partial charge in [-0.15, -0.1) is 0 Å². The van der Waals surface area contributed by atoms with E-state index < -0.39 is 0 Å². The van der Waals surface area contributed by atoms with Crippen LogP contribution in [0, 0.1) is 6.92 Å². The van der Waals surface area contributed by atoms with Crippen molar-refractivity contribution in [3.8, 4) is 0 Å². The van der Waals surface area contributed by atoms with Crippen LogP contribution < -0.4 is 5.73 Å². The van der Waals surface area contributed by atoms with Crippen LogP contribution in [0.25, 0.3) is 11.0 Å². The first kappa shape index (κ1) is 13.2. The van der Waals surface area contributed by atoms with E-state index in [1.54, 1.807) is 11.8 Å². The molecule has 2 aromatic carbocycles. The normalized spacial score (nSPS) is 12.7. The van der Waals surface area contributed by atoms with Gasteiger partial charge in [0, 0.05) is 11.8 Å². The number of aryl methyl sites for hydroxylation is 1. The van der Waals surface area contributed by atoms with Crippen molar-refractivity contribution in [1.82, 2.24) is 9.97 Å². The van der Waals surface area contributed by atoms with Gasteiger partial charge in [-0.05, 0) is 30.2 Å². The van der Waals surface area contributed by atoms with E-state index in [9.17, 15) is 0 Å². The lowest BCUT2D eigenvalue weighted by Gasteiger charge is -2.12. The Morgan fingerprint density at radius 3 is 2.75 bits per heavy atom. The van der Waals surface area contributed by atoms with Gasteiger partial charge in [-0.25, -0.2) is 4.98 Å². The number of H-pyrrole nitrogens is 1. The topological polar surface area (TPSA) is 54.7 Å². The van der Waals surface area contributed by atoms with Gasteiger partial charge >= 0.3 is 0 Å². The van der Waals surface area contributed by atoms with Crippen molar-refractivity contribution in [2.24, 2.45) is 5.73 Å². The van der Waals surface area contributed by atoms with Gasteiger partial charge in [-0.3, -0.25) is 0 Å². The molecule has 0 aliphatic rings. The maximum absolute atomic E-state index is 5.91. The lowest BCUT2D eigenvalue weighted by atomic mass is 10.1. The van der Waals surface area contributed by atoms with Gasteiger partial charge in [0.2, 0.25) is 0 Å². The van der Waals surface area contributed by atoms with E-state index in [1.807, 2.05) is 24.3 Å². The van der Waals surface area contributed by atoms with Gasteiger partial charge in [-0.2, -0.15) is 0 Å². The van der Waals surface area contributed by atoms with Gasteiger partial charge < -0.3 is 10.7 Å². The highest BCUT2D eigenvalue weighted by Gasteiger charge is 2.13. The summed E-state index contributed by atoms with van der Waals surface area (Å²) in [5.74, 6) is 0. The number of aromatic amines is 1. The Hall–Kier alpha value is -1.78. The van der Waals surface area contributed by atoms with E-state index in [4.69, 9.17) is 5.73 Å². The second-order valence-corrected chi connectivity index (χ2v) is 6.01. The van der Waals surface area contributed by atoms with Crippen molar-refractivity contribution in [2.45, 2.75) is 17.3 Å². The number of nitrogens with one attached hydrogen (secondary N) is 1. The van der Waals surface area contributed by atoms with E-state index in [2.05, 4.69) is 41.2 Å². The fourth-order valence-corrected chi connectivity index (χ4v) is 3.19. The smallest absolute Gasteiger partial charge is 0.167 e. The average Bonchev–Trinajstić information content (AvgIpc) is 2.87. The summed E-state index contributed by atoms with van der Waals surface area (Å²) in [6.45, 7) is 2.67. The van der Waals surface area contributed by atoms with Crippen LogP contribution in [-0.2, 0) is 0 Å². The predicted octanol–water partition coefficient (Wildman–Crippen LogP) is 3.66. The summed E-state index contributed by atoms with van der Waals surface area (Å²) in [5, 5.41) is 1.14. The van der Waals surface area contributed by atoms with Crippen molar-refractivity contribution >= 4 is 22.8 Å². The van der Waals surface area contributed by atoms with Crippen molar-refractivity contribution in [1.29, 1.82) is 0 Å². The number of nitrogens with two attached hydrogens (primary N) is 1. The minimum atomic E-state index is 0.220. The third kappa shape index (κ3) is 2.71. The summed E-state index contributed by atoms with van der Waals surface area (Å²) in [6.07, 6.45) is 0. The molecule has 3 nitrogen and oxygen atoms in total. The molecule has 0 aliphatic heterocycles. The van der Waals surface area contributed by atoms with Crippen molar-refractivity contribution in [2.75, 3.05) is 6.54 Å². The van der Waals surface area contributed by atoms with E-state index in [-0.39, 0.29) is 5.25 Å². The van der Waals surface area contributed by atoms with Gasteiger partial charge in [-0.1, -0.05) is 48.2 Å². The second kappa shape index (κ2) is 5.69. The lowest BCUT2D eigenvalue weighted by Crippen LogP contribution is -2.09. The summed E-state index contributed by atoms with van der Waals surface area (Å²) in [5.41, 5.74) is 10.5. The molecule has 3 aromatic rings. The minimum Gasteiger partial charge on any atom is -0.333 e. The molecule has 1 unspecified atom stereocenters. The Kier molecular flexibility index (Phi) is 3.76. The highest BCUT2D eigenvalue weighted by Crippen LogP contribution is 2.33. The number of fused-ring (bicyclic) bond motifs is 1. The highest BCUT2D eigenvalue weighted by molar-refractivity contribution is 7.99. The first-order valence-electron chi connectivity index (χ1n) is 6.64. The molecule has 0 aliphatic carbocycles. The molecule has 0 fully saturated rings. The molecule has 0 spiro atoms. The molecular formula is C16H17N3S. The highest BCUT2D eigenvalue weighted by atomic mass is 32.2. The Morgan fingerprint density at radius 2 is 2.00 bits per heavy atom. The van der Waals surface area contributed by atoms with Crippen LogP contribution >= 0.6 is 11.8 Å². The van der Waals surface area contributed by atoms with E-state index in [1.165, 1.54) is 11.1 Å². The van der Waals surface area contributed by atoms with Crippen molar-refractivity contribution < 1.29 is 0 Å². The van der Waals surface area contributed by atoms with Crippen molar-refractivity contribution in [3.05, 3.63) is 59.7 Å². The molecule has 20 heavy (non-hydrogen) atoms. The zero-order valence-corrected chi connectivity index (χ0v) is 12.2. The predicted molar refractivity (Wildman–Crippen MR) is 84.9 cm³/mol. The van der Waals surface area contributed by atoms with Gasteiger partial charge in [0.25, 0.3) is 0 Å². The molecule has 3 N–H and O–H groups in total. The number of rotatable bonds is 4. The number of imidazole rings is 1. The van der Waals surface area contributed by atoms with Crippen LogP contribution in [0.5, 0.6) is 0 Å². The number of benzene rings is 2. The molecule has 4 heteroatoms. The van der Waals surface area contributed by atoms with E-state index in [0.29, 0.717) is 6.54 Å². The third-order valence-electron chi connectivity index (χ3n) is 3.25. The lowest BCUT2D eigenvalue weighted by molar-refractivity contribution is 0.929. The monoisotopic (exact) mass is 283 g/mol. The molecule has 102 valence electrons.